The summed E-state index contributed by atoms with van der Waals surface area (Å²) in [7, 11) is 0. The van der Waals surface area contributed by atoms with Crippen LogP contribution in [-0.4, -0.2) is 46.8 Å². The molecule has 0 bridgehead atoms. The molecule has 0 radical (unpaired) electrons. The molecule has 1 heterocycles. The molecule has 0 aromatic rings. The summed E-state index contributed by atoms with van der Waals surface area (Å²) in [6.45, 7) is 10.6. The number of carbonyl (C=O) groups is 2. The van der Waals surface area contributed by atoms with E-state index in [9.17, 15) is 9.59 Å². The topological polar surface area (TPSA) is 49.4 Å². The Bertz CT molecular complexity index is 331. The average Bonchev–Trinajstić information content (AvgIpc) is 2.41. The van der Waals surface area contributed by atoms with Crippen molar-refractivity contribution in [1.29, 1.82) is 0 Å². The van der Waals surface area contributed by atoms with Crippen LogP contribution >= 0.6 is 11.8 Å². The second kappa shape index (κ2) is 7.91. The van der Waals surface area contributed by atoms with Crippen LogP contribution in [0.5, 0.6) is 0 Å². The maximum absolute atomic E-state index is 12.1. The van der Waals surface area contributed by atoms with Crippen LogP contribution < -0.4 is 5.32 Å². The molecule has 1 aliphatic heterocycles. The van der Waals surface area contributed by atoms with E-state index in [2.05, 4.69) is 33.0 Å². The fourth-order valence-corrected chi connectivity index (χ4v) is 2.89. The first-order chi connectivity index (χ1) is 9.33. The fourth-order valence-electron chi connectivity index (χ4n) is 2.15. The highest BCUT2D eigenvalue weighted by atomic mass is 32.2. The van der Waals surface area contributed by atoms with Crippen molar-refractivity contribution in [2.75, 3.05) is 25.4 Å². The van der Waals surface area contributed by atoms with E-state index in [1.54, 1.807) is 11.8 Å². The third-order valence-corrected chi connectivity index (χ3v) is 4.65. The summed E-state index contributed by atoms with van der Waals surface area (Å²) in [6, 6.07) is 0. The van der Waals surface area contributed by atoms with Gasteiger partial charge in [-0.05, 0) is 19.3 Å². The molecule has 0 unspecified atom stereocenters. The van der Waals surface area contributed by atoms with Crippen molar-refractivity contribution in [3.05, 3.63) is 0 Å². The fraction of sp³-hybridized carbons (Fsp3) is 0.867. The van der Waals surface area contributed by atoms with Crippen molar-refractivity contribution in [3.8, 4) is 0 Å². The van der Waals surface area contributed by atoms with Crippen LogP contribution in [0.1, 0.15) is 47.0 Å². The van der Waals surface area contributed by atoms with Crippen LogP contribution in [0, 0.1) is 5.92 Å². The summed E-state index contributed by atoms with van der Waals surface area (Å²) in [5.74, 6) is 0.983. The van der Waals surface area contributed by atoms with Gasteiger partial charge in [0.15, 0.2) is 0 Å². The van der Waals surface area contributed by atoms with E-state index in [-0.39, 0.29) is 22.5 Å². The van der Waals surface area contributed by atoms with Gasteiger partial charge in [-0.3, -0.25) is 9.59 Å². The molecule has 0 aliphatic carbocycles. The first kappa shape index (κ1) is 17.3. The molecule has 1 fully saturated rings. The van der Waals surface area contributed by atoms with Crippen LogP contribution in [0.15, 0.2) is 0 Å². The number of carbonyl (C=O) groups excluding carboxylic acids is 2. The Labute approximate surface area is 127 Å². The highest BCUT2D eigenvalue weighted by Crippen LogP contribution is 2.24. The Balaban J connectivity index is 2.31. The first-order valence-corrected chi connectivity index (χ1v) is 8.51. The molecule has 0 aromatic heterocycles. The van der Waals surface area contributed by atoms with Crippen molar-refractivity contribution >= 4 is 23.6 Å². The van der Waals surface area contributed by atoms with Crippen molar-refractivity contribution in [2.24, 2.45) is 5.92 Å². The van der Waals surface area contributed by atoms with Crippen molar-refractivity contribution in [2.45, 2.75) is 51.7 Å². The van der Waals surface area contributed by atoms with Gasteiger partial charge in [0.25, 0.3) is 0 Å². The molecule has 116 valence electrons. The quantitative estimate of drug-likeness (QED) is 0.847. The third kappa shape index (κ3) is 6.16. The van der Waals surface area contributed by atoms with E-state index in [4.69, 9.17) is 0 Å². The summed E-state index contributed by atoms with van der Waals surface area (Å²) >= 11 is 1.68. The Morgan fingerprint density at radius 3 is 2.35 bits per heavy atom. The van der Waals surface area contributed by atoms with E-state index in [1.165, 1.54) is 0 Å². The molecular weight excluding hydrogens is 272 g/mol. The summed E-state index contributed by atoms with van der Waals surface area (Å²) in [5.41, 5.74) is 0. The molecule has 1 rings (SSSR count). The summed E-state index contributed by atoms with van der Waals surface area (Å²) in [6.07, 6.45) is 2.55. The maximum Gasteiger partial charge on any atom is 0.232 e. The zero-order valence-electron chi connectivity index (χ0n) is 13.2. The van der Waals surface area contributed by atoms with Crippen molar-refractivity contribution in [3.63, 3.8) is 0 Å². The zero-order valence-corrected chi connectivity index (χ0v) is 14.0. The molecule has 2 amide bonds. The van der Waals surface area contributed by atoms with Gasteiger partial charge in [-0.25, -0.2) is 0 Å². The summed E-state index contributed by atoms with van der Waals surface area (Å²) < 4.78 is 0.119. The number of amides is 2. The number of nitrogens with one attached hydrogen (secondary N) is 1. The van der Waals surface area contributed by atoms with E-state index in [1.807, 2.05) is 4.90 Å². The van der Waals surface area contributed by atoms with Gasteiger partial charge in [-0.1, -0.05) is 27.7 Å². The minimum absolute atomic E-state index is 0.0841. The molecule has 0 saturated carbocycles. The summed E-state index contributed by atoms with van der Waals surface area (Å²) in [5, 5.41) is 2.94. The molecule has 20 heavy (non-hydrogen) atoms. The highest BCUT2D eigenvalue weighted by Gasteiger charge is 2.27. The number of nitrogens with zero attached hydrogens (tertiary/aromatic N) is 1. The predicted molar refractivity (Wildman–Crippen MR) is 84.8 cm³/mol. The Hall–Kier alpha value is -0.710. The molecule has 1 N–H and O–H groups in total. The number of rotatable bonds is 5. The van der Waals surface area contributed by atoms with Crippen LogP contribution in [0.4, 0.5) is 0 Å². The second-order valence-corrected chi connectivity index (χ2v) is 8.15. The van der Waals surface area contributed by atoms with E-state index in [0.29, 0.717) is 18.8 Å². The zero-order chi connectivity index (χ0) is 15.2. The smallest absolute Gasteiger partial charge is 0.232 e. The molecule has 4 nitrogen and oxygen atoms in total. The van der Waals surface area contributed by atoms with Gasteiger partial charge in [-0.15, -0.1) is 11.8 Å². The maximum atomic E-state index is 12.1. The number of hydrogen-bond donors (Lipinski definition) is 1. The Morgan fingerprint density at radius 1 is 1.25 bits per heavy atom. The lowest BCUT2D eigenvalue weighted by molar-refractivity contribution is -0.133. The normalized spacial score (nSPS) is 17.1. The highest BCUT2D eigenvalue weighted by molar-refractivity contribution is 8.01. The lowest BCUT2D eigenvalue weighted by Crippen LogP contribution is -2.44. The van der Waals surface area contributed by atoms with E-state index < -0.39 is 0 Å². The standard InChI is InChI=1S/C15H28N2O2S/c1-5-8-16-14(19)12-6-9-17(10-7-12)13(18)11-20-15(2,3)4/h12H,5-11H2,1-4H3,(H,16,19). The molecule has 0 aromatic carbocycles. The summed E-state index contributed by atoms with van der Waals surface area (Å²) in [4.78, 5) is 25.9. The number of thioether (sulfide) groups is 1. The predicted octanol–water partition coefficient (Wildman–Crippen LogP) is 2.28. The minimum Gasteiger partial charge on any atom is -0.356 e. The number of likely N-dealkylation sites (tertiary alicyclic amines) is 1. The molecule has 1 aliphatic rings. The third-order valence-electron chi connectivity index (χ3n) is 3.40. The largest absolute Gasteiger partial charge is 0.356 e. The van der Waals surface area contributed by atoms with Crippen LogP contribution in [-0.2, 0) is 9.59 Å². The molecular formula is C15H28N2O2S. The lowest BCUT2D eigenvalue weighted by Gasteiger charge is -2.32. The first-order valence-electron chi connectivity index (χ1n) is 7.53. The molecule has 5 heteroatoms. The molecule has 1 saturated heterocycles. The minimum atomic E-state index is 0.0841. The number of hydrogen-bond acceptors (Lipinski definition) is 3. The lowest BCUT2D eigenvalue weighted by atomic mass is 9.96. The van der Waals surface area contributed by atoms with Gasteiger partial charge in [0.2, 0.25) is 11.8 Å². The van der Waals surface area contributed by atoms with Gasteiger partial charge >= 0.3 is 0 Å². The van der Waals surface area contributed by atoms with Crippen LogP contribution in [0.2, 0.25) is 0 Å². The van der Waals surface area contributed by atoms with Crippen molar-refractivity contribution in [1.82, 2.24) is 10.2 Å². The number of piperidine rings is 1. The van der Waals surface area contributed by atoms with Gasteiger partial charge in [-0.2, -0.15) is 0 Å². The molecule has 0 atom stereocenters. The van der Waals surface area contributed by atoms with E-state index >= 15 is 0 Å². The Kier molecular flexibility index (Phi) is 6.86. The van der Waals surface area contributed by atoms with Crippen LogP contribution in [0.3, 0.4) is 0 Å². The van der Waals surface area contributed by atoms with Gasteiger partial charge in [0.1, 0.15) is 0 Å². The van der Waals surface area contributed by atoms with Gasteiger partial charge < -0.3 is 10.2 Å². The van der Waals surface area contributed by atoms with Gasteiger partial charge in [0.05, 0.1) is 5.75 Å². The molecule has 0 spiro atoms. The Morgan fingerprint density at radius 2 is 1.85 bits per heavy atom. The van der Waals surface area contributed by atoms with E-state index in [0.717, 1.165) is 25.8 Å². The average molecular weight is 300 g/mol. The van der Waals surface area contributed by atoms with Crippen LogP contribution in [0.25, 0.3) is 0 Å². The second-order valence-electron chi connectivity index (χ2n) is 6.35. The monoisotopic (exact) mass is 300 g/mol. The van der Waals surface area contributed by atoms with Gasteiger partial charge in [0, 0.05) is 30.3 Å². The SMILES string of the molecule is CCCNC(=O)C1CCN(C(=O)CSC(C)(C)C)CC1. The van der Waals surface area contributed by atoms with Crippen molar-refractivity contribution < 1.29 is 9.59 Å².